The van der Waals surface area contributed by atoms with Gasteiger partial charge in [0.05, 0.1) is 7.11 Å². The van der Waals surface area contributed by atoms with Crippen LogP contribution in [0.2, 0.25) is 0 Å². The molecule has 0 aliphatic carbocycles. The molecule has 1 fully saturated rings. The van der Waals surface area contributed by atoms with Gasteiger partial charge in [0, 0.05) is 6.04 Å². The number of ether oxygens (including phenoxy) is 1. The molecule has 0 spiro atoms. The highest BCUT2D eigenvalue weighted by atomic mass is 16.5. The first-order chi connectivity index (χ1) is 8.63. The fourth-order valence-corrected chi connectivity index (χ4v) is 2.71. The number of methoxy groups -OCH3 is 1. The number of phenolic OH excluding ortho intramolecular Hbond substituents is 1. The average Bonchev–Trinajstić information content (AvgIpc) is 2.38. The highest BCUT2D eigenvalue weighted by Crippen LogP contribution is 2.36. The monoisotopic (exact) mass is 249 g/mol. The Labute approximate surface area is 109 Å². The molecule has 1 heterocycles. The molecule has 0 saturated carbocycles. The Kier molecular flexibility index (Phi) is 4.12. The number of piperidine rings is 1. The number of rotatable bonds is 3. The van der Waals surface area contributed by atoms with Crippen LogP contribution in [-0.2, 0) is 6.42 Å². The summed E-state index contributed by atoms with van der Waals surface area (Å²) in [5.74, 6) is 0.939. The molecular formula is C15H23NO2. The molecule has 1 aromatic rings. The van der Waals surface area contributed by atoms with Gasteiger partial charge in [-0.15, -0.1) is 0 Å². The molecule has 1 aromatic carbocycles. The van der Waals surface area contributed by atoms with E-state index in [0.29, 0.717) is 17.5 Å². The Balaban J connectivity index is 2.24. The third kappa shape index (κ3) is 2.61. The minimum absolute atomic E-state index is 0.313. The van der Waals surface area contributed by atoms with Crippen molar-refractivity contribution in [3.63, 3.8) is 0 Å². The van der Waals surface area contributed by atoms with Gasteiger partial charge in [-0.25, -0.2) is 0 Å². The average molecular weight is 249 g/mol. The lowest BCUT2D eigenvalue weighted by molar-refractivity contribution is 0.360. The largest absolute Gasteiger partial charge is 0.504 e. The van der Waals surface area contributed by atoms with Gasteiger partial charge < -0.3 is 15.2 Å². The summed E-state index contributed by atoms with van der Waals surface area (Å²) < 4.78 is 5.32. The summed E-state index contributed by atoms with van der Waals surface area (Å²) in [6, 6.07) is 2.57. The van der Waals surface area contributed by atoms with Crippen molar-refractivity contribution in [3.8, 4) is 11.5 Å². The minimum atomic E-state index is 0.313. The van der Waals surface area contributed by atoms with Crippen LogP contribution in [0.3, 0.4) is 0 Å². The maximum atomic E-state index is 10.3. The first-order valence-electron chi connectivity index (χ1n) is 6.73. The Bertz CT molecular complexity index is 423. The summed E-state index contributed by atoms with van der Waals surface area (Å²) in [6.07, 6.45) is 4.61. The van der Waals surface area contributed by atoms with E-state index in [1.807, 2.05) is 6.92 Å². The fraction of sp³-hybridized carbons (Fsp3) is 0.600. The van der Waals surface area contributed by atoms with Crippen LogP contribution in [0.15, 0.2) is 6.07 Å². The summed E-state index contributed by atoms with van der Waals surface area (Å²) in [7, 11) is 1.62. The summed E-state index contributed by atoms with van der Waals surface area (Å²) in [4.78, 5) is 0. The van der Waals surface area contributed by atoms with Crippen LogP contribution in [-0.4, -0.2) is 24.8 Å². The number of aromatic hydroxyl groups is 1. The van der Waals surface area contributed by atoms with Gasteiger partial charge in [-0.2, -0.15) is 0 Å². The van der Waals surface area contributed by atoms with Crippen molar-refractivity contribution in [2.75, 3.05) is 13.7 Å². The molecule has 1 saturated heterocycles. The first kappa shape index (κ1) is 13.2. The number of phenols is 1. The van der Waals surface area contributed by atoms with Gasteiger partial charge >= 0.3 is 0 Å². The Morgan fingerprint density at radius 3 is 2.78 bits per heavy atom. The molecule has 2 rings (SSSR count). The molecule has 1 aliphatic heterocycles. The molecule has 0 radical (unpaired) electrons. The zero-order valence-electron chi connectivity index (χ0n) is 11.5. The van der Waals surface area contributed by atoms with Crippen LogP contribution in [0, 0.1) is 13.8 Å². The number of nitrogens with one attached hydrogen (secondary N) is 1. The smallest absolute Gasteiger partial charge is 0.163 e. The van der Waals surface area contributed by atoms with Crippen molar-refractivity contribution in [2.45, 2.75) is 45.6 Å². The van der Waals surface area contributed by atoms with Crippen molar-refractivity contribution in [1.82, 2.24) is 5.32 Å². The predicted molar refractivity (Wildman–Crippen MR) is 73.5 cm³/mol. The summed E-state index contributed by atoms with van der Waals surface area (Å²) >= 11 is 0. The maximum Gasteiger partial charge on any atom is 0.163 e. The summed E-state index contributed by atoms with van der Waals surface area (Å²) in [5.41, 5.74) is 3.19. The lowest BCUT2D eigenvalue weighted by Gasteiger charge is -2.24. The van der Waals surface area contributed by atoms with E-state index in [4.69, 9.17) is 4.74 Å². The Morgan fingerprint density at radius 1 is 1.39 bits per heavy atom. The first-order valence-corrected chi connectivity index (χ1v) is 6.73. The standard InChI is InChI=1S/C15H23NO2/c1-10-8-12(9-13-6-4-5-7-16-13)14(17)15(18-3)11(10)2/h8,13,16-17H,4-7,9H2,1-3H3. The van der Waals surface area contributed by atoms with Gasteiger partial charge in [-0.3, -0.25) is 0 Å². The number of hydrogen-bond acceptors (Lipinski definition) is 3. The molecule has 3 nitrogen and oxygen atoms in total. The third-order valence-corrected chi connectivity index (χ3v) is 3.92. The van der Waals surface area contributed by atoms with Crippen molar-refractivity contribution in [3.05, 3.63) is 22.8 Å². The van der Waals surface area contributed by atoms with E-state index in [1.54, 1.807) is 7.11 Å². The highest BCUT2D eigenvalue weighted by Gasteiger charge is 2.18. The maximum absolute atomic E-state index is 10.3. The van der Waals surface area contributed by atoms with Crippen molar-refractivity contribution >= 4 is 0 Å². The second-order valence-electron chi connectivity index (χ2n) is 5.21. The molecule has 18 heavy (non-hydrogen) atoms. The van der Waals surface area contributed by atoms with Gasteiger partial charge in [0.1, 0.15) is 0 Å². The van der Waals surface area contributed by atoms with E-state index in [1.165, 1.54) is 24.8 Å². The van der Waals surface area contributed by atoms with E-state index in [-0.39, 0.29) is 0 Å². The quantitative estimate of drug-likeness (QED) is 0.865. The van der Waals surface area contributed by atoms with E-state index in [2.05, 4.69) is 18.3 Å². The number of benzene rings is 1. The normalized spacial score (nSPS) is 19.8. The van der Waals surface area contributed by atoms with E-state index >= 15 is 0 Å². The molecule has 0 aromatic heterocycles. The lowest BCUT2D eigenvalue weighted by Crippen LogP contribution is -2.35. The van der Waals surface area contributed by atoms with Crippen molar-refractivity contribution in [2.24, 2.45) is 0 Å². The zero-order valence-corrected chi connectivity index (χ0v) is 11.5. The molecule has 100 valence electrons. The van der Waals surface area contributed by atoms with Gasteiger partial charge in [0.15, 0.2) is 11.5 Å². The molecule has 3 heteroatoms. The SMILES string of the molecule is COc1c(C)c(C)cc(CC2CCCCN2)c1O. The Morgan fingerprint density at radius 2 is 2.17 bits per heavy atom. The van der Waals surface area contributed by atoms with Crippen LogP contribution >= 0.6 is 0 Å². The second-order valence-corrected chi connectivity index (χ2v) is 5.21. The minimum Gasteiger partial charge on any atom is -0.504 e. The van der Waals surface area contributed by atoms with E-state index in [0.717, 1.165) is 24.1 Å². The van der Waals surface area contributed by atoms with E-state index in [9.17, 15) is 5.11 Å². The van der Waals surface area contributed by atoms with Crippen LogP contribution in [0.25, 0.3) is 0 Å². The van der Waals surface area contributed by atoms with Crippen LogP contribution in [0.5, 0.6) is 11.5 Å². The molecule has 1 unspecified atom stereocenters. The topological polar surface area (TPSA) is 41.5 Å². The molecular weight excluding hydrogens is 226 g/mol. The molecule has 1 atom stereocenters. The fourth-order valence-electron chi connectivity index (χ4n) is 2.71. The third-order valence-electron chi connectivity index (χ3n) is 3.92. The zero-order chi connectivity index (χ0) is 13.1. The predicted octanol–water partition coefficient (Wildman–Crippen LogP) is 2.70. The van der Waals surface area contributed by atoms with E-state index < -0.39 is 0 Å². The summed E-state index contributed by atoms with van der Waals surface area (Å²) in [6.45, 7) is 5.14. The second kappa shape index (κ2) is 5.61. The Hall–Kier alpha value is -1.22. The number of aryl methyl sites for hydroxylation is 1. The number of hydrogen-bond donors (Lipinski definition) is 2. The summed E-state index contributed by atoms with van der Waals surface area (Å²) in [5, 5.41) is 13.8. The van der Waals surface area contributed by atoms with Crippen LogP contribution in [0.1, 0.15) is 36.0 Å². The van der Waals surface area contributed by atoms with Gasteiger partial charge in [-0.1, -0.05) is 12.5 Å². The van der Waals surface area contributed by atoms with Crippen molar-refractivity contribution in [1.29, 1.82) is 0 Å². The van der Waals surface area contributed by atoms with Crippen LogP contribution < -0.4 is 10.1 Å². The van der Waals surface area contributed by atoms with Gasteiger partial charge in [-0.05, 0) is 56.3 Å². The lowest BCUT2D eigenvalue weighted by atomic mass is 9.94. The molecule has 0 bridgehead atoms. The van der Waals surface area contributed by atoms with Gasteiger partial charge in [0.25, 0.3) is 0 Å². The molecule has 2 N–H and O–H groups in total. The molecule has 1 aliphatic rings. The highest BCUT2D eigenvalue weighted by molar-refractivity contribution is 5.54. The van der Waals surface area contributed by atoms with Crippen LogP contribution in [0.4, 0.5) is 0 Å². The van der Waals surface area contributed by atoms with Gasteiger partial charge in [0.2, 0.25) is 0 Å². The molecule has 0 amide bonds. The van der Waals surface area contributed by atoms with Crippen molar-refractivity contribution < 1.29 is 9.84 Å².